The van der Waals surface area contributed by atoms with Crippen LogP contribution in [0.2, 0.25) is 0 Å². The highest BCUT2D eigenvalue weighted by Crippen LogP contribution is 2.18. The molecule has 4 nitrogen and oxygen atoms in total. The molecule has 2 heterocycles. The van der Waals surface area contributed by atoms with Crippen molar-refractivity contribution in [3.8, 4) is 0 Å². The summed E-state index contributed by atoms with van der Waals surface area (Å²) in [6, 6.07) is 8.81. The highest BCUT2D eigenvalue weighted by Gasteiger charge is 2.14. The lowest BCUT2D eigenvalue weighted by Crippen LogP contribution is -2.26. The van der Waals surface area contributed by atoms with Gasteiger partial charge in [-0.05, 0) is 25.5 Å². The maximum Gasteiger partial charge on any atom is 0.0960 e. The Morgan fingerprint density at radius 1 is 1.44 bits per heavy atom. The number of nitrogens with zero attached hydrogens (tertiary/aromatic N) is 2. The second-order valence-corrected chi connectivity index (χ2v) is 4.90. The van der Waals surface area contributed by atoms with E-state index in [1.807, 2.05) is 23.9 Å². The van der Waals surface area contributed by atoms with E-state index < -0.39 is 0 Å². The molecule has 18 heavy (non-hydrogen) atoms. The van der Waals surface area contributed by atoms with Crippen LogP contribution in [0.4, 0.5) is 0 Å². The molecule has 1 saturated heterocycles. The number of fused-ring (bicyclic) bond motifs is 1. The predicted molar refractivity (Wildman–Crippen MR) is 71.4 cm³/mol. The topological polar surface area (TPSA) is 39.1 Å². The molecule has 1 aromatic carbocycles. The van der Waals surface area contributed by atoms with Crippen molar-refractivity contribution in [3.05, 3.63) is 30.0 Å². The molecule has 2 aromatic rings. The number of benzene rings is 1. The van der Waals surface area contributed by atoms with Crippen LogP contribution in [0.1, 0.15) is 18.5 Å². The predicted octanol–water partition coefficient (Wildman–Crippen LogP) is 1.84. The average molecular weight is 245 g/mol. The number of ether oxygens (including phenoxy) is 1. The number of para-hydroxylation sites is 1. The van der Waals surface area contributed by atoms with Crippen LogP contribution in [0.5, 0.6) is 0 Å². The normalized spacial score (nSPS) is 19.7. The standard InChI is InChI=1S/C14H19N3O/c1-17-14-7-3-2-6-12(14)13(16-17)10-18-9-11-5-4-8-15-11/h2-3,6-7,11,15H,4-5,8-10H2,1H3. The summed E-state index contributed by atoms with van der Waals surface area (Å²) in [7, 11) is 1.98. The number of aryl methyl sites for hydroxylation is 1. The van der Waals surface area contributed by atoms with Crippen molar-refractivity contribution < 1.29 is 4.74 Å². The van der Waals surface area contributed by atoms with E-state index in [2.05, 4.69) is 22.5 Å². The summed E-state index contributed by atoms with van der Waals surface area (Å²) in [5.41, 5.74) is 2.20. The second kappa shape index (κ2) is 5.08. The molecule has 1 N–H and O–H groups in total. The van der Waals surface area contributed by atoms with Crippen molar-refractivity contribution in [2.45, 2.75) is 25.5 Å². The minimum atomic E-state index is 0.528. The monoisotopic (exact) mass is 245 g/mol. The molecule has 1 atom stereocenters. The molecule has 1 aliphatic rings. The van der Waals surface area contributed by atoms with Crippen molar-refractivity contribution in [1.82, 2.24) is 15.1 Å². The van der Waals surface area contributed by atoms with Gasteiger partial charge >= 0.3 is 0 Å². The minimum absolute atomic E-state index is 0.528. The fraction of sp³-hybridized carbons (Fsp3) is 0.500. The lowest BCUT2D eigenvalue weighted by molar-refractivity contribution is 0.101. The van der Waals surface area contributed by atoms with Gasteiger partial charge in [-0.1, -0.05) is 18.2 Å². The van der Waals surface area contributed by atoms with E-state index in [1.165, 1.54) is 18.2 Å². The van der Waals surface area contributed by atoms with Gasteiger partial charge in [0.15, 0.2) is 0 Å². The Balaban J connectivity index is 1.67. The van der Waals surface area contributed by atoms with Gasteiger partial charge in [0.1, 0.15) is 0 Å². The Labute approximate surface area is 107 Å². The van der Waals surface area contributed by atoms with Gasteiger partial charge in [0.25, 0.3) is 0 Å². The molecule has 4 heteroatoms. The summed E-state index contributed by atoms with van der Waals surface area (Å²) in [4.78, 5) is 0. The first-order chi connectivity index (χ1) is 8.84. The largest absolute Gasteiger partial charge is 0.373 e. The maximum atomic E-state index is 5.79. The summed E-state index contributed by atoms with van der Waals surface area (Å²) >= 11 is 0. The quantitative estimate of drug-likeness (QED) is 0.893. The number of aromatic nitrogens is 2. The van der Waals surface area contributed by atoms with E-state index >= 15 is 0 Å². The van der Waals surface area contributed by atoms with Crippen molar-refractivity contribution in [3.63, 3.8) is 0 Å². The summed E-state index contributed by atoms with van der Waals surface area (Å²) in [6.07, 6.45) is 2.49. The van der Waals surface area contributed by atoms with Gasteiger partial charge in [-0.3, -0.25) is 4.68 Å². The lowest BCUT2D eigenvalue weighted by Gasteiger charge is -2.09. The molecule has 1 aliphatic heterocycles. The van der Waals surface area contributed by atoms with E-state index in [0.29, 0.717) is 12.6 Å². The van der Waals surface area contributed by atoms with Crippen molar-refractivity contribution in [1.29, 1.82) is 0 Å². The molecule has 0 radical (unpaired) electrons. The summed E-state index contributed by atoms with van der Waals surface area (Å²) in [6.45, 7) is 2.50. The van der Waals surface area contributed by atoms with Crippen LogP contribution in [0.25, 0.3) is 10.9 Å². The van der Waals surface area contributed by atoms with Crippen LogP contribution in [-0.4, -0.2) is 29.0 Å². The first-order valence-corrected chi connectivity index (χ1v) is 6.56. The average Bonchev–Trinajstić information content (AvgIpc) is 3.00. The molecule has 96 valence electrons. The van der Waals surface area contributed by atoms with Gasteiger partial charge < -0.3 is 10.1 Å². The third-order valence-corrected chi connectivity index (χ3v) is 3.55. The zero-order chi connectivity index (χ0) is 12.4. The Hall–Kier alpha value is -1.39. The third-order valence-electron chi connectivity index (χ3n) is 3.55. The van der Waals surface area contributed by atoms with E-state index in [9.17, 15) is 0 Å². The zero-order valence-corrected chi connectivity index (χ0v) is 10.7. The lowest BCUT2D eigenvalue weighted by atomic mass is 10.2. The SMILES string of the molecule is Cn1nc(COCC2CCCN2)c2ccccc21. The van der Waals surface area contributed by atoms with E-state index in [4.69, 9.17) is 4.74 Å². The highest BCUT2D eigenvalue weighted by molar-refractivity contribution is 5.81. The van der Waals surface area contributed by atoms with Gasteiger partial charge in [0, 0.05) is 18.5 Å². The summed E-state index contributed by atoms with van der Waals surface area (Å²) < 4.78 is 7.71. The van der Waals surface area contributed by atoms with Crippen molar-refractivity contribution in [2.75, 3.05) is 13.2 Å². The van der Waals surface area contributed by atoms with Gasteiger partial charge in [-0.25, -0.2) is 0 Å². The third kappa shape index (κ3) is 2.26. The molecule has 0 amide bonds. The second-order valence-electron chi connectivity index (χ2n) is 4.90. The Bertz CT molecular complexity index is 529. The summed E-state index contributed by atoms with van der Waals surface area (Å²) in [5.74, 6) is 0. The molecular formula is C14H19N3O. The number of rotatable bonds is 4. The molecule has 0 saturated carbocycles. The Morgan fingerprint density at radius 3 is 3.17 bits per heavy atom. The zero-order valence-electron chi connectivity index (χ0n) is 10.7. The van der Waals surface area contributed by atoms with E-state index in [1.54, 1.807) is 0 Å². The van der Waals surface area contributed by atoms with Gasteiger partial charge in [0.05, 0.1) is 24.4 Å². The molecule has 3 rings (SSSR count). The Morgan fingerprint density at radius 2 is 2.33 bits per heavy atom. The maximum absolute atomic E-state index is 5.79. The molecular weight excluding hydrogens is 226 g/mol. The van der Waals surface area contributed by atoms with Gasteiger partial charge in [0.2, 0.25) is 0 Å². The fourth-order valence-corrected chi connectivity index (χ4v) is 2.59. The number of nitrogens with one attached hydrogen (secondary N) is 1. The number of hydrogen-bond acceptors (Lipinski definition) is 3. The first-order valence-electron chi connectivity index (χ1n) is 6.56. The summed E-state index contributed by atoms with van der Waals surface area (Å²) in [5, 5.41) is 9.15. The first kappa shape index (κ1) is 11.7. The Kier molecular flexibility index (Phi) is 3.30. The van der Waals surface area contributed by atoms with Crippen molar-refractivity contribution in [2.24, 2.45) is 7.05 Å². The van der Waals surface area contributed by atoms with Crippen molar-refractivity contribution >= 4 is 10.9 Å². The van der Waals surface area contributed by atoms with Crippen LogP contribution >= 0.6 is 0 Å². The smallest absolute Gasteiger partial charge is 0.0960 e. The van der Waals surface area contributed by atoms with Crippen LogP contribution in [0.15, 0.2) is 24.3 Å². The van der Waals surface area contributed by atoms with Crippen LogP contribution in [0.3, 0.4) is 0 Å². The molecule has 0 spiro atoms. The molecule has 1 unspecified atom stereocenters. The van der Waals surface area contributed by atoms with Gasteiger partial charge in [-0.15, -0.1) is 0 Å². The molecule has 0 aliphatic carbocycles. The molecule has 0 bridgehead atoms. The molecule has 1 aromatic heterocycles. The molecule has 1 fully saturated rings. The van der Waals surface area contributed by atoms with Crippen LogP contribution < -0.4 is 5.32 Å². The van der Waals surface area contributed by atoms with E-state index in [0.717, 1.165) is 24.4 Å². The fourth-order valence-electron chi connectivity index (χ4n) is 2.59. The van der Waals surface area contributed by atoms with Crippen LogP contribution in [0, 0.1) is 0 Å². The van der Waals surface area contributed by atoms with E-state index in [-0.39, 0.29) is 0 Å². The highest BCUT2D eigenvalue weighted by atomic mass is 16.5. The van der Waals surface area contributed by atoms with Gasteiger partial charge in [-0.2, -0.15) is 5.10 Å². The van der Waals surface area contributed by atoms with Crippen LogP contribution in [-0.2, 0) is 18.4 Å². The minimum Gasteiger partial charge on any atom is -0.373 e. The number of hydrogen-bond donors (Lipinski definition) is 1.